The highest BCUT2D eigenvalue weighted by molar-refractivity contribution is 5.80. The van der Waals surface area contributed by atoms with Gasteiger partial charge in [-0.3, -0.25) is 9.59 Å². The van der Waals surface area contributed by atoms with Crippen molar-refractivity contribution < 1.29 is 19.1 Å². The van der Waals surface area contributed by atoms with E-state index in [2.05, 4.69) is 5.32 Å². The molecular formula is C16H20FNO3. The maximum Gasteiger partial charge on any atom is 0.308 e. The molecule has 4 nitrogen and oxygen atoms in total. The predicted molar refractivity (Wildman–Crippen MR) is 76.2 cm³/mol. The minimum Gasteiger partial charge on any atom is -0.481 e. The second-order valence-electron chi connectivity index (χ2n) is 5.52. The number of benzene rings is 1. The van der Waals surface area contributed by atoms with E-state index in [1.165, 1.54) is 6.07 Å². The standard InChI is InChI=1S/C16H20FNO3/c17-13-8-5-4-6-11(13)10-15(19)18-14-9-3-1-2-7-12(14)16(20)21/h4-6,8,12,14H,1-3,7,9-10H2,(H,18,19)(H,20,21)/t12-,14+/m1/s1. The highest BCUT2D eigenvalue weighted by atomic mass is 19.1. The number of amides is 1. The van der Waals surface area contributed by atoms with Crippen LogP contribution < -0.4 is 5.32 Å². The Morgan fingerprint density at radius 1 is 1.19 bits per heavy atom. The molecule has 2 N–H and O–H groups in total. The Labute approximate surface area is 123 Å². The van der Waals surface area contributed by atoms with Gasteiger partial charge in [-0.2, -0.15) is 0 Å². The molecule has 2 rings (SSSR count). The number of carboxylic acids is 1. The fourth-order valence-electron chi connectivity index (χ4n) is 2.85. The van der Waals surface area contributed by atoms with Gasteiger partial charge in [-0.05, 0) is 24.5 Å². The van der Waals surface area contributed by atoms with Crippen molar-refractivity contribution in [3.63, 3.8) is 0 Å². The topological polar surface area (TPSA) is 66.4 Å². The Morgan fingerprint density at radius 2 is 1.90 bits per heavy atom. The molecule has 0 saturated heterocycles. The quantitative estimate of drug-likeness (QED) is 0.838. The summed E-state index contributed by atoms with van der Waals surface area (Å²) in [6.45, 7) is 0. The van der Waals surface area contributed by atoms with Crippen molar-refractivity contribution in [3.8, 4) is 0 Å². The Balaban J connectivity index is 2.00. The molecule has 2 atom stereocenters. The predicted octanol–water partition coefficient (Wildman–Crippen LogP) is 2.52. The summed E-state index contributed by atoms with van der Waals surface area (Å²) in [4.78, 5) is 23.3. The third-order valence-corrected chi connectivity index (χ3v) is 3.99. The summed E-state index contributed by atoms with van der Waals surface area (Å²) < 4.78 is 13.5. The summed E-state index contributed by atoms with van der Waals surface area (Å²) in [5.74, 6) is -2.15. The van der Waals surface area contributed by atoms with E-state index in [0.717, 1.165) is 19.3 Å². The average Bonchev–Trinajstić information content (AvgIpc) is 2.67. The van der Waals surface area contributed by atoms with Crippen molar-refractivity contribution in [2.75, 3.05) is 0 Å². The molecule has 1 saturated carbocycles. The summed E-state index contributed by atoms with van der Waals surface area (Å²) in [6.07, 6.45) is 3.96. The molecule has 0 radical (unpaired) electrons. The number of carbonyl (C=O) groups excluding carboxylic acids is 1. The molecule has 0 heterocycles. The number of nitrogens with one attached hydrogen (secondary N) is 1. The lowest BCUT2D eigenvalue weighted by Gasteiger charge is -2.23. The molecule has 0 aromatic heterocycles. The molecule has 1 aromatic carbocycles. The van der Waals surface area contributed by atoms with Crippen LogP contribution in [0.2, 0.25) is 0 Å². The first kappa shape index (κ1) is 15.5. The van der Waals surface area contributed by atoms with Gasteiger partial charge < -0.3 is 10.4 Å². The second-order valence-corrected chi connectivity index (χ2v) is 5.52. The van der Waals surface area contributed by atoms with Crippen LogP contribution in [0, 0.1) is 11.7 Å². The van der Waals surface area contributed by atoms with E-state index in [0.29, 0.717) is 18.4 Å². The fraction of sp³-hybridized carbons (Fsp3) is 0.500. The van der Waals surface area contributed by atoms with Gasteiger partial charge in [-0.1, -0.05) is 37.5 Å². The minimum absolute atomic E-state index is 0.0600. The maximum absolute atomic E-state index is 13.5. The molecule has 0 unspecified atom stereocenters. The van der Waals surface area contributed by atoms with Crippen LogP contribution >= 0.6 is 0 Å². The van der Waals surface area contributed by atoms with Crippen LogP contribution in [0.25, 0.3) is 0 Å². The molecule has 21 heavy (non-hydrogen) atoms. The number of hydrogen-bond acceptors (Lipinski definition) is 2. The first-order chi connectivity index (χ1) is 10.1. The van der Waals surface area contributed by atoms with E-state index in [1.807, 2.05) is 0 Å². The molecule has 1 amide bonds. The van der Waals surface area contributed by atoms with Crippen molar-refractivity contribution in [1.82, 2.24) is 5.32 Å². The van der Waals surface area contributed by atoms with E-state index in [4.69, 9.17) is 0 Å². The van der Waals surface area contributed by atoms with Gasteiger partial charge in [0.25, 0.3) is 0 Å². The summed E-state index contributed by atoms with van der Waals surface area (Å²) in [5.41, 5.74) is 0.329. The molecule has 0 spiro atoms. The maximum atomic E-state index is 13.5. The largest absolute Gasteiger partial charge is 0.481 e. The summed E-state index contributed by atoms with van der Waals surface area (Å²) in [7, 11) is 0. The van der Waals surface area contributed by atoms with Gasteiger partial charge in [0.15, 0.2) is 0 Å². The molecular weight excluding hydrogens is 273 g/mol. The van der Waals surface area contributed by atoms with E-state index in [-0.39, 0.29) is 18.4 Å². The third-order valence-electron chi connectivity index (χ3n) is 3.99. The Kier molecular flexibility index (Phi) is 5.31. The van der Waals surface area contributed by atoms with Gasteiger partial charge in [0, 0.05) is 6.04 Å². The highest BCUT2D eigenvalue weighted by Crippen LogP contribution is 2.24. The zero-order chi connectivity index (χ0) is 15.2. The van der Waals surface area contributed by atoms with Crippen LogP contribution in [-0.2, 0) is 16.0 Å². The number of carbonyl (C=O) groups is 2. The fourth-order valence-corrected chi connectivity index (χ4v) is 2.85. The molecule has 1 fully saturated rings. The van der Waals surface area contributed by atoms with Crippen LogP contribution in [0.1, 0.15) is 37.7 Å². The Morgan fingerprint density at radius 3 is 2.62 bits per heavy atom. The lowest BCUT2D eigenvalue weighted by Crippen LogP contribution is -2.43. The van der Waals surface area contributed by atoms with Gasteiger partial charge in [0.05, 0.1) is 12.3 Å². The summed E-state index contributed by atoms with van der Waals surface area (Å²) in [5, 5.41) is 12.0. The first-order valence-corrected chi connectivity index (χ1v) is 7.33. The van der Waals surface area contributed by atoms with Gasteiger partial charge in [0.1, 0.15) is 5.82 Å². The lowest BCUT2D eigenvalue weighted by molar-refractivity contribution is -0.143. The molecule has 0 bridgehead atoms. The van der Waals surface area contributed by atoms with Crippen LogP contribution in [0.4, 0.5) is 4.39 Å². The zero-order valence-electron chi connectivity index (χ0n) is 11.8. The zero-order valence-corrected chi connectivity index (χ0v) is 11.8. The Hall–Kier alpha value is -1.91. The average molecular weight is 293 g/mol. The van der Waals surface area contributed by atoms with Gasteiger partial charge in [0.2, 0.25) is 5.91 Å². The van der Waals surface area contributed by atoms with E-state index < -0.39 is 17.7 Å². The smallest absolute Gasteiger partial charge is 0.308 e. The van der Waals surface area contributed by atoms with Gasteiger partial charge >= 0.3 is 5.97 Å². The van der Waals surface area contributed by atoms with Crippen molar-refractivity contribution in [1.29, 1.82) is 0 Å². The van der Waals surface area contributed by atoms with Gasteiger partial charge in [-0.15, -0.1) is 0 Å². The molecule has 1 aromatic rings. The Bertz CT molecular complexity index is 518. The number of halogens is 1. The van der Waals surface area contributed by atoms with Crippen molar-refractivity contribution in [2.45, 2.75) is 44.6 Å². The highest BCUT2D eigenvalue weighted by Gasteiger charge is 2.30. The van der Waals surface area contributed by atoms with Gasteiger partial charge in [-0.25, -0.2) is 4.39 Å². The number of rotatable bonds is 4. The third kappa shape index (κ3) is 4.28. The van der Waals surface area contributed by atoms with Crippen molar-refractivity contribution in [3.05, 3.63) is 35.6 Å². The van der Waals surface area contributed by atoms with Crippen molar-refractivity contribution >= 4 is 11.9 Å². The molecule has 1 aliphatic rings. The van der Waals surface area contributed by atoms with Crippen LogP contribution in [-0.4, -0.2) is 23.0 Å². The molecule has 0 aliphatic heterocycles. The second kappa shape index (κ2) is 7.20. The van der Waals surface area contributed by atoms with Crippen LogP contribution in [0.15, 0.2) is 24.3 Å². The van der Waals surface area contributed by atoms with Crippen molar-refractivity contribution in [2.24, 2.45) is 5.92 Å². The lowest BCUT2D eigenvalue weighted by atomic mass is 9.94. The summed E-state index contributed by atoms with van der Waals surface area (Å²) >= 11 is 0. The van der Waals surface area contributed by atoms with Crippen LogP contribution in [0.5, 0.6) is 0 Å². The molecule has 114 valence electrons. The SMILES string of the molecule is O=C(Cc1ccccc1F)N[C@H]1CCCCC[C@H]1C(=O)O. The number of hydrogen-bond donors (Lipinski definition) is 2. The monoisotopic (exact) mass is 293 g/mol. The molecule has 5 heteroatoms. The number of aliphatic carboxylic acids is 1. The summed E-state index contributed by atoms with van der Waals surface area (Å²) in [6, 6.07) is 5.77. The first-order valence-electron chi connectivity index (χ1n) is 7.33. The van der Waals surface area contributed by atoms with E-state index >= 15 is 0 Å². The molecule has 1 aliphatic carbocycles. The van der Waals surface area contributed by atoms with E-state index in [9.17, 15) is 19.1 Å². The minimum atomic E-state index is -0.868. The van der Waals surface area contributed by atoms with E-state index in [1.54, 1.807) is 18.2 Å². The number of carboxylic acid groups (broad SMARTS) is 1. The van der Waals surface area contributed by atoms with Crippen LogP contribution in [0.3, 0.4) is 0 Å². The normalized spacial score (nSPS) is 22.3.